The highest BCUT2D eigenvalue weighted by atomic mass is 19.4. The zero-order valence-corrected chi connectivity index (χ0v) is 15.5. The fourth-order valence-electron chi connectivity index (χ4n) is 2.65. The number of rotatable bonds is 6. The first kappa shape index (κ1) is 20.2. The molecular weight excluding hydrogens is 383 g/mol. The first-order valence-electron chi connectivity index (χ1n) is 8.67. The molecule has 8 heteroatoms. The Bertz CT molecular complexity index is 972. The predicted octanol–water partition coefficient (Wildman–Crippen LogP) is 5.03. The quantitative estimate of drug-likeness (QED) is 0.608. The normalized spacial score (nSPS) is 11.0. The van der Waals surface area contributed by atoms with E-state index in [1.54, 1.807) is 37.4 Å². The highest BCUT2D eigenvalue weighted by Gasteiger charge is 2.30. The van der Waals surface area contributed by atoms with Crippen LogP contribution in [0.1, 0.15) is 11.1 Å². The predicted molar refractivity (Wildman–Crippen MR) is 104 cm³/mol. The molecule has 2 aromatic carbocycles. The van der Waals surface area contributed by atoms with E-state index in [2.05, 4.69) is 15.6 Å². The minimum atomic E-state index is -4.42. The van der Waals surface area contributed by atoms with Gasteiger partial charge in [0.1, 0.15) is 11.6 Å². The van der Waals surface area contributed by atoms with Crippen molar-refractivity contribution >= 4 is 23.1 Å². The average Bonchev–Trinajstić information content (AvgIpc) is 2.69. The van der Waals surface area contributed by atoms with Gasteiger partial charge in [0.25, 0.3) is 0 Å². The fraction of sp³-hybridized carbons (Fsp3) is 0.143. The van der Waals surface area contributed by atoms with Crippen molar-refractivity contribution in [1.29, 1.82) is 0 Å². The van der Waals surface area contributed by atoms with E-state index in [1.165, 1.54) is 6.07 Å². The maximum atomic E-state index is 12.6. The Balaban J connectivity index is 1.59. The van der Waals surface area contributed by atoms with Gasteiger partial charge in [-0.1, -0.05) is 18.2 Å². The van der Waals surface area contributed by atoms with Gasteiger partial charge in [-0.25, -0.2) is 4.98 Å². The summed E-state index contributed by atoms with van der Waals surface area (Å²) in [5, 5.41) is 5.70. The maximum absolute atomic E-state index is 12.6. The molecule has 0 unspecified atom stereocenters. The van der Waals surface area contributed by atoms with Gasteiger partial charge in [0.2, 0.25) is 5.91 Å². The second kappa shape index (κ2) is 8.64. The van der Waals surface area contributed by atoms with Gasteiger partial charge in [-0.2, -0.15) is 13.2 Å². The number of carbonyl (C=O) groups excluding carboxylic acids is 1. The van der Waals surface area contributed by atoms with Crippen LogP contribution in [0, 0.1) is 0 Å². The van der Waals surface area contributed by atoms with Crippen molar-refractivity contribution < 1.29 is 22.7 Å². The summed E-state index contributed by atoms with van der Waals surface area (Å²) in [6, 6.07) is 16.3. The summed E-state index contributed by atoms with van der Waals surface area (Å²) >= 11 is 0. The van der Waals surface area contributed by atoms with E-state index in [0.29, 0.717) is 17.1 Å². The van der Waals surface area contributed by atoms with Gasteiger partial charge >= 0.3 is 6.18 Å². The number of para-hydroxylation sites is 1. The van der Waals surface area contributed by atoms with E-state index in [0.717, 1.165) is 17.8 Å². The molecule has 0 saturated carbocycles. The van der Waals surface area contributed by atoms with Crippen LogP contribution in [-0.2, 0) is 17.4 Å². The van der Waals surface area contributed by atoms with Gasteiger partial charge in [-0.05, 0) is 42.5 Å². The standard InChI is InChI=1S/C21H18F3N3O2/c1-29-18-5-3-2-4-14(18)12-20(28)27-17-9-7-16(8-10-17)26-19-11-6-15(13-25-19)21(22,23)24/h2-11,13H,12H2,1H3,(H,25,26)(H,27,28). The van der Waals surface area contributed by atoms with Crippen LogP contribution < -0.4 is 15.4 Å². The van der Waals surface area contributed by atoms with E-state index in [4.69, 9.17) is 4.74 Å². The Labute approximate surface area is 165 Å². The summed E-state index contributed by atoms with van der Waals surface area (Å²) in [4.78, 5) is 16.0. The average molecular weight is 401 g/mol. The number of carbonyl (C=O) groups is 1. The molecule has 3 rings (SSSR count). The van der Waals surface area contributed by atoms with Crippen molar-refractivity contribution in [2.75, 3.05) is 17.7 Å². The van der Waals surface area contributed by atoms with Crippen LogP contribution >= 0.6 is 0 Å². The lowest BCUT2D eigenvalue weighted by molar-refractivity contribution is -0.137. The molecule has 0 saturated heterocycles. The number of hydrogen-bond acceptors (Lipinski definition) is 4. The van der Waals surface area contributed by atoms with E-state index in [1.807, 2.05) is 18.2 Å². The van der Waals surface area contributed by atoms with E-state index >= 15 is 0 Å². The molecule has 0 aliphatic carbocycles. The second-order valence-electron chi connectivity index (χ2n) is 6.17. The SMILES string of the molecule is COc1ccccc1CC(=O)Nc1ccc(Nc2ccc(C(F)(F)F)cn2)cc1. The van der Waals surface area contributed by atoms with Crippen molar-refractivity contribution in [2.45, 2.75) is 12.6 Å². The summed E-state index contributed by atoms with van der Waals surface area (Å²) in [5.74, 6) is 0.733. The molecule has 0 aliphatic heterocycles. The summed E-state index contributed by atoms with van der Waals surface area (Å²) in [6.07, 6.45) is -3.48. The molecule has 0 aliphatic rings. The molecule has 1 aromatic heterocycles. The minimum absolute atomic E-state index is 0.166. The molecule has 0 spiro atoms. The molecule has 0 atom stereocenters. The van der Waals surface area contributed by atoms with E-state index < -0.39 is 11.7 Å². The summed E-state index contributed by atoms with van der Waals surface area (Å²) in [7, 11) is 1.55. The topological polar surface area (TPSA) is 63.2 Å². The first-order chi connectivity index (χ1) is 13.8. The van der Waals surface area contributed by atoms with Crippen molar-refractivity contribution in [3.8, 4) is 5.75 Å². The lowest BCUT2D eigenvalue weighted by Crippen LogP contribution is -2.14. The lowest BCUT2D eigenvalue weighted by atomic mass is 10.1. The monoisotopic (exact) mass is 401 g/mol. The zero-order chi connectivity index (χ0) is 20.9. The Hall–Kier alpha value is -3.55. The van der Waals surface area contributed by atoms with Gasteiger partial charge in [0, 0.05) is 23.1 Å². The first-order valence-corrected chi connectivity index (χ1v) is 8.67. The largest absolute Gasteiger partial charge is 0.496 e. The molecular formula is C21H18F3N3O2. The van der Waals surface area contributed by atoms with E-state index in [9.17, 15) is 18.0 Å². The molecule has 0 radical (unpaired) electrons. The maximum Gasteiger partial charge on any atom is 0.417 e. The molecule has 5 nitrogen and oxygen atoms in total. The Morgan fingerprint density at radius 2 is 1.69 bits per heavy atom. The Morgan fingerprint density at radius 3 is 2.31 bits per heavy atom. The van der Waals surface area contributed by atoms with Gasteiger partial charge in [0.05, 0.1) is 19.1 Å². The smallest absolute Gasteiger partial charge is 0.417 e. The van der Waals surface area contributed by atoms with Crippen molar-refractivity contribution in [1.82, 2.24) is 4.98 Å². The lowest BCUT2D eigenvalue weighted by Gasteiger charge is -2.11. The molecule has 0 fully saturated rings. The van der Waals surface area contributed by atoms with Crippen LogP contribution in [-0.4, -0.2) is 18.0 Å². The number of benzene rings is 2. The number of hydrogen-bond donors (Lipinski definition) is 2. The van der Waals surface area contributed by atoms with Crippen LogP contribution in [0.3, 0.4) is 0 Å². The molecule has 150 valence electrons. The van der Waals surface area contributed by atoms with Crippen molar-refractivity contribution in [2.24, 2.45) is 0 Å². The number of aromatic nitrogens is 1. The number of nitrogens with one attached hydrogen (secondary N) is 2. The van der Waals surface area contributed by atoms with Gasteiger partial charge in [-0.15, -0.1) is 0 Å². The zero-order valence-electron chi connectivity index (χ0n) is 15.5. The molecule has 29 heavy (non-hydrogen) atoms. The third kappa shape index (κ3) is 5.47. The molecule has 1 amide bonds. The Kier molecular flexibility index (Phi) is 6.01. The number of anilines is 3. The van der Waals surface area contributed by atoms with Crippen molar-refractivity contribution in [3.05, 3.63) is 78.0 Å². The summed E-state index contributed by atoms with van der Waals surface area (Å²) < 4.78 is 43.0. The number of amides is 1. The molecule has 2 N–H and O–H groups in total. The highest BCUT2D eigenvalue weighted by molar-refractivity contribution is 5.92. The van der Waals surface area contributed by atoms with Crippen LogP contribution in [0.2, 0.25) is 0 Å². The number of alkyl halides is 3. The second-order valence-corrected chi connectivity index (χ2v) is 6.17. The minimum Gasteiger partial charge on any atom is -0.496 e. The molecule has 0 bridgehead atoms. The number of halogens is 3. The van der Waals surface area contributed by atoms with Crippen LogP contribution in [0.5, 0.6) is 5.75 Å². The van der Waals surface area contributed by atoms with Crippen LogP contribution in [0.4, 0.5) is 30.4 Å². The fourth-order valence-corrected chi connectivity index (χ4v) is 2.65. The van der Waals surface area contributed by atoms with E-state index in [-0.39, 0.29) is 18.1 Å². The van der Waals surface area contributed by atoms with Crippen molar-refractivity contribution in [3.63, 3.8) is 0 Å². The molecule has 1 heterocycles. The third-order valence-corrected chi connectivity index (χ3v) is 4.08. The number of pyridine rings is 1. The van der Waals surface area contributed by atoms with Crippen LogP contribution in [0.25, 0.3) is 0 Å². The number of nitrogens with zero attached hydrogens (tertiary/aromatic N) is 1. The third-order valence-electron chi connectivity index (χ3n) is 4.08. The summed E-state index contributed by atoms with van der Waals surface area (Å²) in [6.45, 7) is 0. The van der Waals surface area contributed by atoms with Gasteiger partial charge in [0.15, 0.2) is 0 Å². The molecule has 3 aromatic rings. The number of ether oxygens (including phenoxy) is 1. The van der Waals surface area contributed by atoms with Gasteiger partial charge in [-0.3, -0.25) is 4.79 Å². The highest BCUT2D eigenvalue weighted by Crippen LogP contribution is 2.29. The van der Waals surface area contributed by atoms with Gasteiger partial charge < -0.3 is 15.4 Å². The number of methoxy groups -OCH3 is 1. The Morgan fingerprint density at radius 1 is 1.00 bits per heavy atom. The summed E-state index contributed by atoms with van der Waals surface area (Å²) in [5.41, 5.74) is 1.19. The van der Waals surface area contributed by atoms with Crippen LogP contribution in [0.15, 0.2) is 66.9 Å².